The molecule has 9 nitrogen and oxygen atoms in total. The van der Waals surface area contributed by atoms with Crippen molar-refractivity contribution in [3.63, 3.8) is 0 Å². The summed E-state index contributed by atoms with van der Waals surface area (Å²) in [6, 6.07) is 25.5. The number of fused-ring (bicyclic) bond motifs is 1. The molecule has 0 saturated carbocycles. The molecule has 0 bridgehead atoms. The molecule has 2 aromatic heterocycles. The summed E-state index contributed by atoms with van der Waals surface area (Å²) in [5, 5.41) is 5.58. The molecule has 2 amide bonds. The van der Waals surface area contributed by atoms with Gasteiger partial charge in [0.25, 0.3) is 11.8 Å². The molecule has 0 aliphatic rings. The monoisotopic (exact) mass is 493 g/mol. The van der Waals surface area contributed by atoms with Crippen molar-refractivity contribution < 1.29 is 19.1 Å². The number of nitrogens with zero attached hydrogens (tertiary/aromatic N) is 3. The number of benzene rings is 3. The number of aromatic nitrogens is 3. The van der Waals surface area contributed by atoms with Crippen LogP contribution < -0.4 is 20.3 Å². The molecule has 0 radical (unpaired) electrons. The smallest absolute Gasteiger partial charge is 0.288 e. The molecule has 3 aromatic carbocycles. The quantitative estimate of drug-likeness (QED) is 0.344. The highest BCUT2D eigenvalue weighted by atomic mass is 16.5. The molecule has 37 heavy (non-hydrogen) atoms. The van der Waals surface area contributed by atoms with Crippen LogP contribution in [0, 0.1) is 0 Å². The topological polar surface area (TPSA) is 107 Å². The molecule has 0 aliphatic carbocycles. The van der Waals surface area contributed by atoms with Crippen LogP contribution in [0.15, 0.2) is 91.1 Å². The fourth-order valence-corrected chi connectivity index (χ4v) is 3.88. The van der Waals surface area contributed by atoms with E-state index in [2.05, 4.69) is 20.9 Å². The SMILES string of the molecule is COc1ccc(-c2nn(-c3ccccc3)cc2C(=O)NNC(=O)c2ccc3ccccc3n2)c(OC)c1. The summed E-state index contributed by atoms with van der Waals surface area (Å²) >= 11 is 0. The van der Waals surface area contributed by atoms with Gasteiger partial charge in [-0.3, -0.25) is 20.4 Å². The number of methoxy groups -OCH3 is 2. The highest BCUT2D eigenvalue weighted by Crippen LogP contribution is 2.34. The summed E-state index contributed by atoms with van der Waals surface area (Å²) in [5.74, 6) is -0.0114. The Morgan fingerprint density at radius 2 is 1.57 bits per heavy atom. The molecule has 0 saturated heterocycles. The van der Waals surface area contributed by atoms with Crippen LogP contribution in [-0.2, 0) is 0 Å². The maximum atomic E-state index is 13.3. The summed E-state index contributed by atoms with van der Waals surface area (Å²) in [6.07, 6.45) is 1.60. The average Bonchev–Trinajstić information content (AvgIpc) is 3.41. The second kappa shape index (κ2) is 10.2. The van der Waals surface area contributed by atoms with Gasteiger partial charge < -0.3 is 9.47 Å². The van der Waals surface area contributed by atoms with Gasteiger partial charge in [0.15, 0.2) is 0 Å². The molecule has 2 N–H and O–H groups in total. The third-order valence-corrected chi connectivity index (χ3v) is 5.76. The fraction of sp³-hybridized carbons (Fsp3) is 0.0714. The number of carbonyl (C=O) groups is 2. The van der Waals surface area contributed by atoms with Crippen molar-refractivity contribution in [1.29, 1.82) is 0 Å². The van der Waals surface area contributed by atoms with Gasteiger partial charge in [0.05, 0.1) is 31.0 Å². The molecule has 0 unspecified atom stereocenters. The minimum absolute atomic E-state index is 0.177. The Balaban J connectivity index is 1.45. The van der Waals surface area contributed by atoms with Crippen LogP contribution in [0.3, 0.4) is 0 Å². The zero-order valence-corrected chi connectivity index (χ0v) is 20.1. The zero-order chi connectivity index (χ0) is 25.8. The van der Waals surface area contributed by atoms with E-state index in [9.17, 15) is 9.59 Å². The van der Waals surface area contributed by atoms with Crippen LogP contribution in [0.25, 0.3) is 27.8 Å². The van der Waals surface area contributed by atoms with Crippen LogP contribution in [0.2, 0.25) is 0 Å². The molecule has 5 aromatic rings. The van der Waals surface area contributed by atoms with Crippen LogP contribution in [0.5, 0.6) is 11.5 Å². The number of hydrogen-bond acceptors (Lipinski definition) is 6. The number of pyridine rings is 1. The third-order valence-electron chi connectivity index (χ3n) is 5.76. The molecule has 5 rings (SSSR count). The Morgan fingerprint density at radius 3 is 2.35 bits per heavy atom. The predicted octanol–water partition coefficient (Wildman–Crippen LogP) is 4.18. The number of rotatable bonds is 6. The largest absolute Gasteiger partial charge is 0.497 e. The van der Waals surface area contributed by atoms with Gasteiger partial charge in [-0.1, -0.05) is 42.5 Å². The second-order valence-electron chi connectivity index (χ2n) is 8.04. The molecule has 0 fully saturated rings. The fourth-order valence-electron chi connectivity index (χ4n) is 3.88. The number of hydrazine groups is 1. The summed E-state index contributed by atoms with van der Waals surface area (Å²) in [6.45, 7) is 0. The first-order valence-electron chi connectivity index (χ1n) is 11.4. The number of hydrogen-bond donors (Lipinski definition) is 2. The van der Waals surface area contributed by atoms with Crippen LogP contribution in [0.1, 0.15) is 20.8 Å². The number of ether oxygens (including phenoxy) is 2. The Bertz CT molecular complexity index is 1600. The van der Waals surface area contributed by atoms with E-state index in [0.29, 0.717) is 28.3 Å². The van der Waals surface area contributed by atoms with Crippen molar-refractivity contribution in [3.05, 3.63) is 102 Å². The maximum absolute atomic E-state index is 13.3. The van der Waals surface area contributed by atoms with Gasteiger partial charge in [0.1, 0.15) is 22.9 Å². The van der Waals surface area contributed by atoms with Crippen LogP contribution in [0.4, 0.5) is 0 Å². The molecule has 9 heteroatoms. The third kappa shape index (κ3) is 4.83. The number of amides is 2. The van der Waals surface area contributed by atoms with E-state index in [1.807, 2.05) is 54.6 Å². The maximum Gasteiger partial charge on any atom is 0.288 e. The lowest BCUT2D eigenvalue weighted by atomic mass is 10.1. The highest BCUT2D eigenvalue weighted by Gasteiger charge is 2.22. The lowest BCUT2D eigenvalue weighted by molar-refractivity contribution is 0.0844. The lowest BCUT2D eigenvalue weighted by Crippen LogP contribution is -2.42. The summed E-state index contributed by atoms with van der Waals surface area (Å²) in [5.41, 5.74) is 7.75. The van der Waals surface area contributed by atoms with Gasteiger partial charge in [-0.25, -0.2) is 9.67 Å². The summed E-state index contributed by atoms with van der Waals surface area (Å²) < 4.78 is 12.4. The van der Waals surface area contributed by atoms with Crippen molar-refractivity contribution in [1.82, 2.24) is 25.6 Å². The van der Waals surface area contributed by atoms with Gasteiger partial charge in [0, 0.05) is 23.2 Å². The molecular formula is C28H23N5O4. The first kappa shape index (κ1) is 23.6. The zero-order valence-electron chi connectivity index (χ0n) is 20.1. The molecular weight excluding hydrogens is 470 g/mol. The van der Waals surface area contributed by atoms with Gasteiger partial charge in [0.2, 0.25) is 0 Å². The van der Waals surface area contributed by atoms with E-state index in [0.717, 1.165) is 11.1 Å². The minimum Gasteiger partial charge on any atom is -0.497 e. The Morgan fingerprint density at radius 1 is 0.811 bits per heavy atom. The Labute approximate surface area is 212 Å². The van der Waals surface area contributed by atoms with E-state index in [1.165, 1.54) is 7.11 Å². The van der Waals surface area contributed by atoms with Crippen molar-refractivity contribution >= 4 is 22.7 Å². The van der Waals surface area contributed by atoms with E-state index in [1.54, 1.807) is 48.3 Å². The van der Waals surface area contributed by atoms with E-state index < -0.39 is 11.8 Å². The Kier molecular flexibility index (Phi) is 6.50. The van der Waals surface area contributed by atoms with E-state index >= 15 is 0 Å². The van der Waals surface area contributed by atoms with Crippen molar-refractivity contribution in [2.45, 2.75) is 0 Å². The minimum atomic E-state index is -0.552. The molecule has 184 valence electrons. The second-order valence-corrected chi connectivity index (χ2v) is 8.04. The standard InChI is InChI=1S/C28H23N5O4/c1-36-20-13-14-21(25(16-20)37-2)26-22(17-33(32-26)19-9-4-3-5-10-19)27(34)30-31-28(35)24-15-12-18-8-6-7-11-23(18)29-24/h3-17H,1-2H3,(H,30,34)(H,31,35). The number of nitrogens with one attached hydrogen (secondary N) is 2. The highest BCUT2D eigenvalue weighted by molar-refractivity contribution is 6.02. The number of para-hydroxylation sites is 2. The first-order valence-corrected chi connectivity index (χ1v) is 11.4. The van der Waals surface area contributed by atoms with Crippen LogP contribution in [-0.4, -0.2) is 40.8 Å². The van der Waals surface area contributed by atoms with Gasteiger partial charge in [-0.05, 0) is 36.4 Å². The molecule has 0 aliphatic heterocycles. The van der Waals surface area contributed by atoms with Gasteiger partial charge >= 0.3 is 0 Å². The van der Waals surface area contributed by atoms with Gasteiger partial charge in [-0.2, -0.15) is 5.10 Å². The van der Waals surface area contributed by atoms with Crippen LogP contribution >= 0.6 is 0 Å². The Hall–Kier alpha value is -5.18. The summed E-state index contributed by atoms with van der Waals surface area (Å²) in [4.78, 5) is 30.4. The predicted molar refractivity (Wildman–Crippen MR) is 139 cm³/mol. The average molecular weight is 494 g/mol. The van der Waals surface area contributed by atoms with E-state index in [4.69, 9.17) is 9.47 Å². The van der Waals surface area contributed by atoms with Crippen molar-refractivity contribution in [2.24, 2.45) is 0 Å². The summed E-state index contributed by atoms with van der Waals surface area (Å²) in [7, 11) is 3.09. The molecule has 0 spiro atoms. The van der Waals surface area contributed by atoms with Crippen molar-refractivity contribution in [3.8, 4) is 28.4 Å². The number of carbonyl (C=O) groups excluding carboxylic acids is 2. The molecule has 2 heterocycles. The van der Waals surface area contributed by atoms with Gasteiger partial charge in [-0.15, -0.1) is 0 Å². The molecule has 0 atom stereocenters. The normalized spacial score (nSPS) is 10.6. The van der Waals surface area contributed by atoms with E-state index in [-0.39, 0.29) is 11.3 Å². The van der Waals surface area contributed by atoms with Crippen molar-refractivity contribution in [2.75, 3.05) is 14.2 Å². The lowest BCUT2D eigenvalue weighted by Gasteiger charge is -2.11. The first-order chi connectivity index (χ1) is 18.1.